The molecular formula is C22H42O3. The van der Waals surface area contributed by atoms with Gasteiger partial charge in [0.15, 0.2) is 0 Å². The summed E-state index contributed by atoms with van der Waals surface area (Å²) in [4.78, 5) is 11.6. The lowest BCUT2D eigenvalue weighted by atomic mass is 9.86. The van der Waals surface area contributed by atoms with Crippen LogP contribution in [0.4, 0.5) is 0 Å². The molecule has 148 valence electrons. The second-order valence-electron chi connectivity index (χ2n) is 7.94. The molecule has 1 aliphatic heterocycles. The van der Waals surface area contributed by atoms with Gasteiger partial charge in [-0.2, -0.15) is 0 Å². The smallest absolute Gasteiger partial charge is 0.313 e. The SMILES string of the molecule is CCCCCCCCCCCC(O)C[C@H]1OC(=O)[C@H]1CCCCCC. The predicted molar refractivity (Wildman–Crippen MR) is 105 cm³/mol. The van der Waals surface area contributed by atoms with Crippen LogP contribution in [0.1, 0.15) is 117 Å². The Morgan fingerprint density at radius 2 is 1.36 bits per heavy atom. The predicted octanol–water partition coefficient (Wildman–Crippen LogP) is 6.17. The van der Waals surface area contributed by atoms with E-state index in [1.54, 1.807) is 0 Å². The van der Waals surface area contributed by atoms with Crippen LogP contribution in [0.25, 0.3) is 0 Å². The third-order valence-electron chi connectivity index (χ3n) is 5.53. The van der Waals surface area contributed by atoms with E-state index in [1.807, 2.05) is 0 Å². The molecule has 1 rings (SSSR count). The molecule has 0 bridgehead atoms. The number of carbonyl (C=O) groups excluding carboxylic acids is 1. The van der Waals surface area contributed by atoms with E-state index < -0.39 is 0 Å². The van der Waals surface area contributed by atoms with Crippen LogP contribution in [0, 0.1) is 5.92 Å². The first kappa shape index (κ1) is 22.5. The van der Waals surface area contributed by atoms with E-state index in [0.29, 0.717) is 6.42 Å². The largest absolute Gasteiger partial charge is 0.461 e. The van der Waals surface area contributed by atoms with Crippen LogP contribution in [0.2, 0.25) is 0 Å². The van der Waals surface area contributed by atoms with E-state index in [2.05, 4.69) is 13.8 Å². The molecule has 1 heterocycles. The van der Waals surface area contributed by atoms with Crippen molar-refractivity contribution >= 4 is 5.97 Å². The summed E-state index contributed by atoms with van der Waals surface area (Å²) in [7, 11) is 0. The van der Waals surface area contributed by atoms with Crippen molar-refractivity contribution in [2.24, 2.45) is 5.92 Å². The summed E-state index contributed by atoms with van der Waals surface area (Å²) in [6, 6.07) is 0. The van der Waals surface area contributed by atoms with E-state index >= 15 is 0 Å². The highest BCUT2D eigenvalue weighted by Gasteiger charge is 2.42. The second-order valence-corrected chi connectivity index (χ2v) is 7.94. The van der Waals surface area contributed by atoms with Crippen LogP contribution >= 0.6 is 0 Å². The van der Waals surface area contributed by atoms with Crippen LogP contribution in [0.15, 0.2) is 0 Å². The number of hydrogen-bond donors (Lipinski definition) is 1. The standard InChI is InChI=1S/C22H42O3/c1-3-5-7-9-10-11-12-13-14-16-19(23)18-21-20(22(24)25-21)17-15-8-6-4-2/h19-21,23H,3-18H2,1-2H3/t19?,20-,21+/m0/s1. The second kappa shape index (κ2) is 14.6. The Hall–Kier alpha value is -0.570. The van der Waals surface area contributed by atoms with Crippen molar-refractivity contribution in [1.82, 2.24) is 0 Å². The van der Waals surface area contributed by atoms with E-state index in [1.165, 1.54) is 70.6 Å². The molecule has 0 radical (unpaired) electrons. The molecule has 1 aliphatic rings. The average molecular weight is 355 g/mol. The minimum absolute atomic E-state index is 0.0253. The Morgan fingerprint density at radius 1 is 0.840 bits per heavy atom. The summed E-state index contributed by atoms with van der Waals surface area (Å²) in [5.41, 5.74) is 0. The molecule has 3 nitrogen and oxygen atoms in total. The van der Waals surface area contributed by atoms with E-state index in [-0.39, 0.29) is 24.1 Å². The first-order valence-electron chi connectivity index (χ1n) is 11.1. The summed E-state index contributed by atoms with van der Waals surface area (Å²) in [6.45, 7) is 4.45. The average Bonchev–Trinajstić information content (AvgIpc) is 2.59. The zero-order valence-electron chi connectivity index (χ0n) is 16.8. The summed E-state index contributed by atoms with van der Waals surface area (Å²) < 4.78 is 5.27. The number of aliphatic hydroxyl groups excluding tert-OH is 1. The number of unbranched alkanes of at least 4 members (excludes halogenated alkanes) is 11. The first-order valence-corrected chi connectivity index (χ1v) is 11.1. The van der Waals surface area contributed by atoms with Gasteiger partial charge in [0.05, 0.1) is 12.0 Å². The molecule has 0 aromatic rings. The summed E-state index contributed by atoms with van der Waals surface area (Å²) in [6.07, 6.45) is 18.6. The van der Waals surface area contributed by atoms with Gasteiger partial charge in [-0.05, 0) is 12.8 Å². The van der Waals surface area contributed by atoms with E-state index in [9.17, 15) is 9.90 Å². The number of aliphatic hydroxyl groups is 1. The van der Waals surface area contributed by atoms with Gasteiger partial charge >= 0.3 is 5.97 Å². The number of hydrogen-bond acceptors (Lipinski definition) is 3. The molecule has 1 unspecified atom stereocenters. The molecule has 0 spiro atoms. The fraction of sp³-hybridized carbons (Fsp3) is 0.955. The van der Waals surface area contributed by atoms with Crippen molar-refractivity contribution in [2.45, 2.75) is 129 Å². The van der Waals surface area contributed by atoms with Crippen LogP contribution in [-0.2, 0) is 9.53 Å². The van der Waals surface area contributed by atoms with Gasteiger partial charge in [-0.3, -0.25) is 4.79 Å². The van der Waals surface area contributed by atoms with Crippen molar-refractivity contribution in [3.05, 3.63) is 0 Å². The van der Waals surface area contributed by atoms with Crippen LogP contribution in [0.3, 0.4) is 0 Å². The molecule has 0 aromatic heterocycles. The van der Waals surface area contributed by atoms with Crippen LogP contribution < -0.4 is 0 Å². The third kappa shape index (κ3) is 10.2. The normalized spacial score (nSPS) is 21.0. The molecule has 3 heteroatoms. The van der Waals surface area contributed by atoms with Crippen molar-refractivity contribution in [2.75, 3.05) is 0 Å². The molecule has 3 atom stereocenters. The number of cyclic esters (lactones) is 1. The molecule has 1 N–H and O–H groups in total. The van der Waals surface area contributed by atoms with Gasteiger partial charge in [0, 0.05) is 6.42 Å². The van der Waals surface area contributed by atoms with E-state index in [0.717, 1.165) is 25.7 Å². The maximum absolute atomic E-state index is 11.6. The topological polar surface area (TPSA) is 46.5 Å². The molecular weight excluding hydrogens is 312 g/mol. The fourth-order valence-corrected chi connectivity index (χ4v) is 3.78. The molecule has 1 saturated heterocycles. The maximum atomic E-state index is 11.6. The Bertz CT molecular complexity index is 329. The van der Waals surface area contributed by atoms with Crippen LogP contribution in [0.5, 0.6) is 0 Å². The molecule has 0 aliphatic carbocycles. The molecule has 0 saturated carbocycles. The lowest BCUT2D eigenvalue weighted by Gasteiger charge is -2.36. The van der Waals surface area contributed by atoms with Crippen molar-refractivity contribution < 1.29 is 14.6 Å². The van der Waals surface area contributed by atoms with Gasteiger partial charge in [0.1, 0.15) is 6.10 Å². The summed E-state index contributed by atoms with van der Waals surface area (Å²) in [5.74, 6) is 0.00592. The van der Waals surface area contributed by atoms with Crippen LogP contribution in [-0.4, -0.2) is 23.3 Å². The molecule has 1 fully saturated rings. The Balaban J connectivity index is 1.98. The van der Waals surface area contributed by atoms with Gasteiger partial charge in [-0.1, -0.05) is 97.3 Å². The zero-order valence-corrected chi connectivity index (χ0v) is 16.8. The van der Waals surface area contributed by atoms with Crippen molar-refractivity contribution in [3.63, 3.8) is 0 Å². The molecule has 0 aromatic carbocycles. The highest BCUT2D eigenvalue weighted by atomic mass is 16.6. The Labute approximate surface area is 155 Å². The number of esters is 1. The van der Waals surface area contributed by atoms with Gasteiger partial charge in [-0.25, -0.2) is 0 Å². The minimum Gasteiger partial charge on any atom is -0.461 e. The van der Waals surface area contributed by atoms with E-state index in [4.69, 9.17) is 4.74 Å². The Morgan fingerprint density at radius 3 is 1.92 bits per heavy atom. The van der Waals surface area contributed by atoms with Gasteiger partial charge < -0.3 is 9.84 Å². The number of rotatable bonds is 17. The number of ether oxygens (including phenoxy) is 1. The number of carbonyl (C=O) groups is 1. The third-order valence-corrected chi connectivity index (χ3v) is 5.53. The van der Waals surface area contributed by atoms with Gasteiger partial charge in [0.25, 0.3) is 0 Å². The van der Waals surface area contributed by atoms with Gasteiger partial charge in [-0.15, -0.1) is 0 Å². The van der Waals surface area contributed by atoms with Gasteiger partial charge in [0.2, 0.25) is 0 Å². The monoisotopic (exact) mass is 354 g/mol. The highest BCUT2D eigenvalue weighted by Crippen LogP contribution is 2.31. The molecule has 0 amide bonds. The summed E-state index contributed by atoms with van der Waals surface area (Å²) in [5, 5.41) is 10.2. The first-order chi connectivity index (χ1) is 12.2. The molecule has 25 heavy (non-hydrogen) atoms. The van der Waals surface area contributed by atoms with Crippen molar-refractivity contribution in [1.29, 1.82) is 0 Å². The zero-order chi connectivity index (χ0) is 18.3. The Kier molecular flexibility index (Phi) is 13.1. The lowest BCUT2D eigenvalue weighted by molar-refractivity contribution is -0.188. The maximum Gasteiger partial charge on any atom is 0.313 e. The quantitative estimate of drug-likeness (QED) is 0.251. The minimum atomic E-state index is -0.305. The summed E-state index contributed by atoms with van der Waals surface area (Å²) >= 11 is 0. The lowest BCUT2D eigenvalue weighted by Crippen LogP contribution is -2.46. The highest BCUT2D eigenvalue weighted by molar-refractivity contribution is 5.78. The fourth-order valence-electron chi connectivity index (χ4n) is 3.78. The van der Waals surface area contributed by atoms with Crippen molar-refractivity contribution in [3.8, 4) is 0 Å².